The van der Waals surface area contributed by atoms with E-state index in [0.717, 1.165) is 22.6 Å². The summed E-state index contributed by atoms with van der Waals surface area (Å²) in [5.74, 6) is 1.46. The third-order valence-corrected chi connectivity index (χ3v) is 3.64. The highest BCUT2D eigenvalue weighted by atomic mass is 16.5. The number of rotatable bonds is 4. The van der Waals surface area contributed by atoms with Crippen molar-refractivity contribution in [1.82, 2.24) is 19.6 Å². The number of nitrogen functional groups attached to an aromatic ring is 1. The van der Waals surface area contributed by atoms with Crippen molar-refractivity contribution >= 4 is 11.7 Å². The Hall–Kier alpha value is -3.41. The van der Waals surface area contributed by atoms with Gasteiger partial charge >= 0.3 is 0 Å². The maximum atomic E-state index is 5.89. The molecule has 0 saturated heterocycles. The Balaban J connectivity index is 1.64. The molecule has 0 amide bonds. The predicted octanol–water partition coefficient (Wildman–Crippen LogP) is 2.95. The number of benzene rings is 2. The number of nitrogens with zero attached hydrogens (tertiary/aromatic N) is 4. The number of aromatic nitrogens is 4. The van der Waals surface area contributed by atoms with Gasteiger partial charge in [-0.1, -0.05) is 42.5 Å². The highest BCUT2D eigenvalue weighted by molar-refractivity contribution is 5.63. The summed E-state index contributed by atoms with van der Waals surface area (Å²) in [7, 11) is 0. The summed E-state index contributed by atoms with van der Waals surface area (Å²) < 4.78 is 7.52. The first-order valence-corrected chi connectivity index (χ1v) is 7.54. The van der Waals surface area contributed by atoms with Crippen molar-refractivity contribution in [3.63, 3.8) is 0 Å². The molecular formula is C18H15N5O. The first-order chi connectivity index (χ1) is 11.8. The van der Waals surface area contributed by atoms with Gasteiger partial charge < -0.3 is 10.5 Å². The minimum atomic E-state index is 0.200. The summed E-state index contributed by atoms with van der Waals surface area (Å²) in [5, 5.41) is 4.19. The molecule has 0 radical (unpaired) electrons. The highest BCUT2D eigenvalue weighted by Gasteiger charge is 2.09. The second-order valence-electron chi connectivity index (χ2n) is 5.31. The summed E-state index contributed by atoms with van der Waals surface area (Å²) in [6.45, 7) is 0.520. The number of hydrogen-bond acceptors (Lipinski definition) is 5. The van der Waals surface area contributed by atoms with Crippen molar-refractivity contribution in [2.75, 3.05) is 5.73 Å². The van der Waals surface area contributed by atoms with Crippen LogP contribution >= 0.6 is 0 Å². The molecule has 4 aromatic rings. The van der Waals surface area contributed by atoms with Gasteiger partial charge in [-0.05, 0) is 23.8 Å². The van der Waals surface area contributed by atoms with E-state index in [2.05, 4.69) is 15.1 Å². The van der Waals surface area contributed by atoms with Crippen molar-refractivity contribution in [3.05, 3.63) is 72.4 Å². The lowest BCUT2D eigenvalue weighted by Gasteiger charge is -2.09. The van der Waals surface area contributed by atoms with Gasteiger partial charge in [-0.25, -0.2) is 4.98 Å². The van der Waals surface area contributed by atoms with Crippen LogP contribution in [-0.2, 0) is 6.61 Å². The second kappa shape index (κ2) is 6.00. The van der Waals surface area contributed by atoms with E-state index in [1.165, 1.54) is 0 Å². The number of hydrogen-bond donors (Lipinski definition) is 1. The molecule has 24 heavy (non-hydrogen) atoms. The first-order valence-electron chi connectivity index (χ1n) is 7.54. The predicted molar refractivity (Wildman–Crippen MR) is 91.4 cm³/mol. The van der Waals surface area contributed by atoms with Crippen molar-refractivity contribution in [3.8, 4) is 17.0 Å². The van der Waals surface area contributed by atoms with E-state index in [1.54, 1.807) is 10.7 Å². The van der Waals surface area contributed by atoms with Gasteiger partial charge in [0, 0.05) is 11.8 Å². The molecule has 0 aliphatic carbocycles. The van der Waals surface area contributed by atoms with Crippen LogP contribution in [0.1, 0.15) is 5.56 Å². The number of ether oxygens (including phenoxy) is 1. The third-order valence-electron chi connectivity index (χ3n) is 3.64. The van der Waals surface area contributed by atoms with Gasteiger partial charge in [0.25, 0.3) is 5.78 Å². The van der Waals surface area contributed by atoms with Crippen molar-refractivity contribution in [2.24, 2.45) is 0 Å². The normalized spacial score (nSPS) is 10.8. The zero-order chi connectivity index (χ0) is 16.4. The monoisotopic (exact) mass is 317 g/mol. The van der Waals surface area contributed by atoms with Gasteiger partial charge in [0.05, 0.1) is 5.69 Å². The zero-order valence-corrected chi connectivity index (χ0v) is 12.8. The number of anilines is 1. The Labute approximate surface area is 138 Å². The van der Waals surface area contributed by atoms with Crippen LogP contribution in [-0.4, -0.2) is 19.6 Å². The molecule has 0 aliphatic rings. The number of nitrogens with two attached hydrogens (primary N) is 1. The summed E-state index contributed by atoms with van der Waals surface area (Å²) >= 11 is 0. The van der Waals surface area contributed by atoms with Crippen LogP contribution in [0.5, 0.6) is 5.75 Å². The molecule has 2 aromatic heterocycles. The SMILES string of the molecule is Nc1nc2nccc(-c3cccc(OCc4ccccc4)c3)n2n1. The van der Waals surface area contributed by atoms with E-state index < -0.39 is 0 Å². The molecule has 0 spiro atoms. The zero-order valence-electron chi connectivity index (χ0n) is 12.8. The molecule has 2 heterocycles. The smallest absolute Gasteiger partial charge is 0.254 e. The van der Waals surface area contributed by atoms with Crippen LogP contribution < -0.4 is 10.5 Å². The summed E-state index contributed by atoms with van der Waals surface area (Å²) in [6.07, 6.45) is 1.69. The van der Waals surface area contributed by atoms with Gasteiger partial charge in [0.2, 0.25) is 5.95 Å². The minimum Gasteiger partial charge on any atom is -0.489 e. The van der Waals surface area contributed by atoms with E-state index >= 15 is 0 Å². The molecule has 6 heteroatoms. The van der Waals surface area contributed by atoms with Crippen molar-refractivity contribution < 1.29 is 4.74 Å². The van der Waals surface area contributed by atoms with Gasteiger partial charge in [0.15, 0.2) is 0 Å². The quantitative estimate of drug-likeness (QED) is 0.626. The van der Waals surface area contributed by atoms with Crippen molar-refractivity contribution in [2.45, 2.75) is 6.61 Å². The van der Waals surface area contributed by atoms with E-state index in [0.29, 0.717) is 12.4 Å². The average Bonchev–Trinajstić information content (AvgIpc) is 3.01. The lowest BCUT2D eigenvalue weighted by Crippen LogP contribution is -1.98. The molecule has 0 saturated carbocycles. The minimum absolute atomic E-state index is 0.200. The second-order valence-corrected chi connectivity index (χ2v) is 5.31. The fourth-order valence-electron chi connectivity index (χ4n) is 2.51. The Kier molecular flexibility index (Phi) is 3.55. The molecule has 0 fully saturated rings. The van der Waals surface area contributed by atoms with E-state index in [-0.39, 0.29) is 5.95 Å². The highest BCUT2D eigenvalue weighted by Crippen LogP contribution is 2.24. The van der Waals surface area contributed by atoms with Crippen LogP contribution in [0, 0.1) is 0 Å². The van der Waals surface area contributed by atoms with Gasteiger partial charge in [-0.15, -0.1) is 5.10 Å². The fraction of sp³-hybridized carbons (Fsp3) is 0.0556. The van der Waals surface area contributed by atoms with Crippen LogP contribution in [0.3, 0.4) is 0 Å². The molecule has 0 atom stereocenters. The van der Waals surface area contributed by atoms with Crippen molar-refractivity contribution in [1.29, 1.82) is 0 Å². The summed E-state index contributed by atoms with van der Waals surface area (Å²) in [6, 6.07) is 19.8. The Morgan fingerprint density at radius 3 is 2.75 bits per heavy atom. The molecule has 2 N–H and O–H groups in total. The van der Waals surface area contributed by atoms with Crippen LogP contribution in [0.15, 0.2) is 66.9 Å². The molecular weight excluding hydrogens is 302 g/mol. The lowest BCUT2D eigenvalue weighted by atomic mass is 10.1. The van der Waals surface area contributed by atoms with E-state index in [9.17, 15) is 0 Å². The maximum absolute atomic E-state index is 5.89. The molecule has 0 aliphatic heterocycles. The third kappa shape index (κ3) is 2.77. The molecule has 4 rings (SSSR count). The van der Waals surface area contributed by atoms with E-state index in [4.69, 9.17) is 10.5 Å². The summed E-state index contributed by atoms with van der Waals surface area (Å²) in [5.41, 5.74) is 8.61. The lowest BCUT2D eigenvalue weighted by molar-refractivity contribution is 0.306. The molecule has 0 bridgehead atoms. The molecule has 2 aromatic carbocycles. The Morgan fingerprint density at radius 2 is 1.88 bits per heavy atom. The summed E-state index contributed by atoms with van der Waals surface area (Å²) in [4.78, 5) is 8.25. The van der Waals surface area contributed by atoms with Crippen LogP contribution in [0.4, 0.5) is 5.95 Å². The molecule has 118 valence electrons. The topological polar surface area (TPSA) is 78.3 Å². The standard InChI is InChI=1S/C18H15N5O/c19-17-21-18-20-10-9-16(23(18)22-17)14-7-4-8-15(11-14)24-12-13-5-2-1-3-6-13/h1-11H,12H2,(H2,19,22). The fourth-order valence-corrected chi connectivity index (χ4v) is 2.51. The van der Waals surface area contributed by atoms with Gasteiger partial charge in [-0.2, -0.15) is 9.50 Å². The number of fused-ring (bicyclic) bond motifs is 1. The van der Waals surface area contributed by atoms with Crippen LogP contribution in [0.25, 0.3) is 17.0 Å². The maximum Gasteiger partial charge on any atom is 0.254 e. The Morgan fingerprint density at radius 1 is 1.00 bits per heavy atom. The van der Waals surface area contributed by atoms with E-state index in [1.807, 2.05) is 60.7 Å². The van der Waals surface area contributed by atoms with Gasteiger partial charge in [-0.3, -0.25) is 0 Å². The average molecular weight is 317 g/mol. The Bertz CT molecular complexity index is 981. The van der Waals surface area contributed by atoms with Crippen LogP contribution in [0.2, 0.25) is 0 Å². The molecule has 0 unspecified atom stereocenters. The first kappa shape index (κ1) is 14.2. The largest absolute Gasteiger partial charge is 0.489 e. The van der Waals surface area contributed by atoms with Gasteiger partial charge in [0.1, 0.15) is 12.4 Å². The molecule has 6 nitrogen and oxygen atoms in total.